The van der Waals surface area contributed by atoms with Gasteiger partial charge in [0.05, 0.1) is 26.2 Å². The molecule has 0 aliphatic rings. The summed E-state index contributed by atoms with van der Waals surface area (Å²) in [5, 5.41) is 8.88. The molecule has 5 nitrogen and oxygen atoms in total. The molecule has 0 fully saturated rings. The Balaban J connectivity index is 2.17. The summed E-state index contributed by atoms with van der Waals surface area (Å²) < 4.78 is 10.6. The Morgan fingerprint density at radius 2 is 1.96 bits per heavy atom. The molecule has 0 saturated heterocycles. The fourth-order valence-corrected chi connectivity index (χ4v) is 2.42. The van der Waals surface area contributed by atoms with Gasteiger partial charge in [0.1, 0.15) is 11.5 Å². The molecule has 0 heterocycles. The Kier molecular flexibility index (Phi) is 7.26. The van der Waals surface area contributed by atoms with E-state index in [-0.39, 0.29) is 12.3 Å². The van der Waals surface area contributed by atoms with Crippen molar-refractivity contribution in [3.63, 3.8) is 0 Å². The Morgan fingerprint density at radius 1 is 1.19 bits per heavy atom. The number of ether oxygens (including phenoxy) is 2. The molecule has 0 unspecified atom stereocenters. The topological polar surface area (TPSA) is 62.6 Å². The number of hydrogen-bond donors (Lipinski definition) is 0. The van der Waals surface area contributed by atoms with Crippen LogP contribution in [0.1, 0.15) is 18.9 Å². The molecule has 1 amide bonds. The number of carbonyl (C=O) groups excluding carboxylic acids is 1. The smallest absolute Gasteiger partial charge is 0.251 e. The first-order chi connectivity index (χ1) is 12.7. The lowest BCUT2D eigenvalue weighted by atomic mass is 10.2. The van der Waals surface area contributed by atoms with Gasteiger partial charge in [-0.1, -0.05) is 12.1 Å². The molecule has 0 radical (unpaired) electrons. The van der Waals surface area contributed by atoms with Gasteiger partial charge in [-0.2, -0.15) is 5.26 Å². The summed E-state index contributed by atoms with van der Waals surface area (Å²) in [5.41, 5.74) is 1.59. The number of anilines is 1. The first kappa shape index (κ1) is 19.1. The van der Waals surface area contributed by atoms with Crippen LogP contribution in [0.5, 0.6) is 11.5 Å². The molecule has 2 aromatic carbocycles. The van der Waals surface area contributed by atoms with E-state index in [2.05, 4.69) is 6.07 Å². The molecule has 2 aromatic rings. The third-order valence-electron chi connectivity index (χ3n) is 3.68. The third-order valence-corrected chi connectivity index (χ3v) is 3.68. The van der Waals surface area contributed by atoms with E-state index >= 15 is 0 Å². The number of rotatable bonds is 8. The number of amides is 1. The SMILES string of the molecule is CCOc1ccc(N(CCC#N)C(=O)/C=C/c2cccc(OC)c2)cc1. The molecule has 2 rings (SSSR count). The van der Waals surface area contributed by atoms with Gasteiger partial charge in [0.2, 0.25) is 0 Å². The molecular formula is C21H22N2O3. The van der Waals surface area contributed by atoms with Gasteiger partial charge in [0, 0.05) is 18.3 Å². The maximum atomic E-state index is 12.7. The second-order valence-electron chi connectivity index (χ2n) is 5.43. The summed E-state index contributed by atoms with van der Waals surface area (Å²) in [4.78, 5) is 14.2. The molecule has 0 N–H and O–H groups in total. The number of nitriles is 1. The summed E-state index contributed by atoms with van der Waals surface area (Å²) in [6.45, 7) is 2.82. The predicted molar refractivity (Wildman–Crippen MR) is 102 cm³/mol. The highest BCUT2D eigenvalue weighted by molar-refractivity contribution is 6.03. The van der Waals surface area contributed by atoms with Crippen LogP contribution in [0.2, 0.25) is 0 Å². The van der Waals surface area contributed by atoms with Crippen molar-refractivity contribution in [1.29, 1.82) is 5.26 Å². The van der Waals surface area contributed by atoms with Crippen LogP contribution in [0.15, 0.2) is 54.6 Å². The van der Waals surface area contributed by atoms with Gasteiger partial charge >= 0.3 is 0 Å². The molecule has 0 saturated carbocycles. The van der Waals surface area contributed by atoms with Crippen LogP contribution in [0.4, 0.5) is 5.69 Å². The molecule has 0 aliphatic carbocycles. The minimum atomic E-state index is -0.188. The molecule has 0 aliphatic heterocycles. The van der Waals surface area contributed by atoms with Gasteiger partial charge in [0.15, 0.2) is 0 Å². The molecule has 0 atom stereocenters. The maximum absolute atomic E-state index is 12.7. The van der Waals surface area contributed by atoms with E-state index in [1.54, 1.807) is 18.1 Å². The largest absolute Gasteiger partial charge is 0.497 e. The Morgan fingerprint density at radius 3 is 2.62 bits per heavy atom. The number of methoxy groups -OCH3 is 1. The van der Waals surface area contributed by atoms with E-state index in [1.165, 1.54) is 6.08 Å². The zero-order valence-corrected chi connectivity index (χ0v) is 15.0. The molecular weight excluding hydrogens is 328 g/mol. The maximum Gasteiger partial charge on any atom is 0.251 e. The number of hydrogen-bond acceptors (Lipinski definition) is 4. The highest BCUT2D eigenvalue weighted by atomic mass is 16.5. The molecule has 0 aromatic heterocycles. The fraction of sp³-hybridized carbons (Fsp3) is 0.238. The van der Waals surface area contributed by atoms with Gasteiger partial charge in [-0.25, -0.2) is 0 Å². The number of benzene rings is 2. The van der Waals surface area contributed by atoms with Gasteiger partial charge in [-0.15, -0.1) is 0 Å². The summed E-state index contributed by atoms with van der Waals surface area (Å²) in [6.07, 6.45) is 3.49. The minimum Gasteiger partial charge on any atom is -0.497 e. The van der Waals surface area contributed by atoms with E-state index in [4.69, 9.17) is 14.7 Å². The van der Waals surface area contributed by atoms with E-state index in [1.807, 2.05) is 55.5 Å². The van der Waals surface area contributed by atoms with Crippen LogP contribution in [0.25, 0.3) is 6.08 Å². The molecule has 0 bridgehead atoms. The standard InChI is InChI=1S/C21H22N2O3/c1-3-26-19-11-9-18(10-12-19)23(15-5-14-22)21(24)13-8-17-6-4-7-20(16-17)25-2/h4,6-13,16H,3,5,15H2,1-2H3/b13-8+. The molecule has 134 valence electrons. The Labute approximate surface area is 154 Å². The van der Waals surface area contributed by atoms with Gasteiger partial charge in [0.25, 0.3) is 5.91 Å². The lowest BCUT2D eigenvalue weighted by molar-refractivity contribution is -0.114. The lowest BCUT2D eigenvalue weighted by Crippen LogP contribution is -2.30. The first-order valence-corrected chi connectivity index (χ1v) is 8.41. The quantitative estimate of drug-likeness (QED) is 0.674. The van der Waals surface area contributed by atoms with E-state index in [0.717, 1.165) is 22.7 Å². The monoisotopic (exact) mass is 350 g/mol. The van der Waals surface area contributed by atoms with Crippen LogP contribution in [0.3, 0.4) is 0 Å². The van der Waals surface area contributed by atoms with Crippen molar-refractivity contribution < 1.29 is 14.3 Å². The van der Waals surface area contributed by atoms with Crippen molar-refractivity contribution in [2.75, 3.05) is 25.2 Å². The molecule has 0 spiro atoms. The summed E-state index contributed by atoms with van der Waals surface area (Å²) in [5.74, 6) is 1.29. The second-order valence-corrected chi connectivity index (χ2v) is 5.43. The van der Waals surface area contributed by atoms with E-state index in [0.29, 0.717) is 13.2 Å². The van der Waals surface area contributed by atoms with Crippen molar-refractivity contribution in [2.24, 2.45) is 0 Å². The van der Waals surface area contributed by atoms with Crippen LogP contribution in [0, 0.1) is 11.3 Å². The summed E-state index contributed by atoms with van der Waals surface area (Å²) in [6, 6.07) is 16.8. The summed E-state index contributed by atoms with van der Waals surface area (Å²) in [7, 11) is 1.60. The highest BCUT2D eigenvalue weighted by Crippen LogP contribution is 2.21. The van der Waals surface area contributed by atoms with Crippen LogP contribution < -0.4 is 14.4 Å². The Hall–Kier alpha value is -3.26. The number of carbonyl (C=O) groups is 1. The van der Waals surface area contributed by atoms with Gasteiger partial charge in [-0.05, 0) is 55.0 Å². The second kappa shape index (κ2) is 9.90. The van der Waals surface area contributed by atoms with Crippen molar-refractivity contribution in [2.45, 2.75) is 13.3 Å². The minimum absolute atomic E-state index is 0.188. The summed E-state index contributed by atoms with van der Waals surface area (Å²) >= 11 is 0. The fourth-order valence-electron chi connectivity index (χ4n) is 2.42. The third kappa shape index (κ3) is 5.38. The van der Waals surface area contributed by atoms with E-state index < -0.39 is 0 Å². The first-order valence-electron chi connectivity index (χ1n) is 8.41. The zero-order valence-electron chi connectivity index (χ0n) is 15.0. The van der Waals surface area contributed by atoms with E-state index in [9.17, 15) is 4.79 Å². The predicted octanol–water partition coefficient (Wildman–Crippen LogP) is 4.05. The lowest BCUT2D eigenvalue weighted by Gasteiger charge is -2.20. The van der Waals surface area contributed by atoms with Crippen molar-refractivity contribution in [1.82, 2.24) is 0 Å². The van der Waals surface area contributed by atoms with Crippen molar-refractivity contribution in [3.05, 3.63) is 60.2 Å². The zero-order chi connectivity index (χ0) is 18.8. The number of nitrogens with zero attached hydrogens (tertiary/aromatic N) is 2. The normalized spacial score (nSPS) is 10.3. The van der Waals surface area contributed by atoms with Crippen molar-refractivity contribution in [3.8, 4) is 17.6 Å². The highest BCUT2D eigenvalue weighted by Gasteiger charge is 2.13. The Bertz CT molecular complexity index is 792. The molecule has 5 heteroatoms. The van der Waals surface area contributed by atoms with Gasteiger partial charge in [-0.3, -0.25) is 4.79 Å². The van der Waals surface area contributed by atoms with Crippen molar-refractivity contribution >= 4 is 17.7 Å². The average Bonchev–Trinajstić information content (AvgIpc) is 2.68. The molecule has 26 heavy (non-hydrogen) atoms. The average molecular weight is 350 g/mol. The van der Waals surface area contributed by atoms with Crippen LogP contribution >= 0.6 is 0 Å². The van der Waals surface area contributed by atoms with Crippen LogP contribution in [-0.2, 0) is 4.79 Å². The van der Waals surface area contributed by atoms with Crippen LogP contribution in [-0.4, -0.2) is 26.2 Å². The van der Waals surface area contributed by atoms with Gasteiger partial charge < -0.3 is 14.4 Å².